The van der Waals surface area contributed by atoms with Crippen LogP contribution < -0.4 is 15.2 Å². The van der Waals surface area contributed by atoms with Gasteiger partial charge in [0.15, 0.2) is 17.5 Å². The Morgan fingerprint density at radius 1 is 1.07 bits per heavy atom. The van der Waals surface area contributed by atoms with Gasteiger partial charge in [-0.1, -0.05) is 36.4 Å². The van der Waals surface area contributed by atoms with Crippen molar-refractivity contribution in [1.29, 1.82) is 0 Å². The van der Waals surface area contributed by atoms with Crippen LogP contribution in [0.2, 0.25) is 0 Å². The standard InChI is InChI=1S/C33H37N5O3/c1-4-41-30-17-25-26(18-29(30)40-3)31(35-28-14-15-37(2)20-27(25)28)22-9-11-23(12-10-22)32(39)36-33(34)38-16-13-21-7-5-6-8-24(21)19-38/h5-12,17-18,27-28H,4,13-16,19-20H2,1-3H3,(H2,34,36,39). The van der Waals surface area contributed by atoms with Crippen molar-refractivity contribution < 1.29 is 14.3 Å². The van der Waals surface area contributed by atoms with Gasteiger partial charge in [-0.15, -0.1) is 0 Å². The molecule has 6 rings (SSSR count). The second-order valence-electron chi connectivity index (χ2n) is 11.0. The van der Waals surface area contributed by atoms with Crippen molar-refractivity contribution in [3.63, 3.8) is 0 Å². The smallest absolute Gasteiger partial charge is 0.280 e. The predicted molar refractivity (Wildman–Crippen MR) is 161 cm³/mol. The van der Waals surface area contributed by atoms with E-state index in [0.29, 0.717) is 24.5 Å². The highest BCUT2D eigenvalue weighted by molar-refractivity contribution is 6.15. The minimum absolute atomic E-state index is 0.192. The number of hydrogen-bond acceptors (Lipinski definition) is 5. The van der Waals surface area contributed by atoms with E-state index in [1.165, 1.54) is 16.7 Å². The maximum atomic E-state index is 13.1. The van der Waals surface area contributed by atoms with E-state index in [0.717, 1.165) is 55.1 Å². The van der Waals surface area contributed by atoms with E-state index in [4.69, 9.17) is 20.2 Å². The van der Waals surface area contributed by atoms with Gasteiger partial charge in [0, 0.05) is 42.2 Å². The average molecular weight is 552 g/mol. The summed E-state index contributed by atoms with van der Waals surface area (Å²) in [7, 11) is 3.83. The van der Waals surface area contributed by atoms with Crippen LogP contribution in [0, 0.1) is 0 Å². The zero-order chi connectivity index (χ0) is 28.5. The number of carbonyl (C=O) groups is 1. The van der Waals surface area contributed by atoms with E-state index in [-0.39, 0.29) is 23.8 Å². The van der Waals surface area contributed by atoms with Crippen LogP contribution in [-0.2, 0) is 13.0 Å². The Kier molecular flexibility index (Phi) is 7.49. The Morgan fingerprint density at radius 3 is 2.61 bits per heavy atom. The first kappa shape index (κ1) is 27.0. The van der Waals surface area contributed by atoms with Crippen molar-refractivity contribution in [2.75, 3.05) is 40.4 Å². The summed E-state index contributed by atoms with van der Waals surface area (Å²) < 4.78 is 11.6. The van der Waals surface area contributed by atoms with Crippen LogP contribution in [0.3, 0.4) is 0 Å². The van der Waals surface area contributed by atoms with Crippen LogP contribution in [0.1, 0.15) is 57.4 Å². The lowest BCUT2D eigenvalue weighted by molar-refractivity contribution is 0.100. The second-order valence-corrected chi connectivity index (χ2v) is 11.0. The zero-order valence-electron chi connectivity index (χ0n) is 24.0. The molecule has 1 fully saturated rings. The quantitative estimate of drug-likeness (QED) is 0.377. The van der Waals surface area contributed by atoms with E-state index < -0.39 is 0 Å². The molecule has 1 saturated heterocycles. The van der Waals surface area contributed by atoms with E-state index in [1.807, 2.05) is 48.2 Å². The fourth-order valence-electron chi connectivity index (χ4n) is 6.24. The molecule has 3 aliphatic rings. The van der Waals surface area contributed by atoms with Crippen molar-refractivity contribution >= 4 is 17.6 Å². The van der Waals surface area contributed by atoms with Crippen LogP contribution in [0.4, 0.5) is 0 Å². The molecule has 0 aliphatic carbocycles. The SMILES string of the molecule is CCOc1cc2c(cc1OC)C(c1ccc(C(=O)N=C(N)N3CCc4ccccc4C3)cc1)=NC1CCN(C)CC21. The maximum Gasteiger partial charge on any atom is 0.280 e. The molecule has 212 valence electrons. The van der Waals surface area contributed by atoms with Gasteiger partial charge in [0.2, 0.25) is 0 Å². The lowest BCUT2D eigenvalue weighted by atomic mass is 9.79. The molecule has 0 bridgehead atoms. The van der Waals surface area contributed by atoms with Gasteiger partial charge in [0.05, 0.1) is 25.5 Å². The van der Waals surface area contributed by atoms with Crippen LogP contribution in [0.25, 0.3) is 0 Å². The summed E-state index contributed by atoms with van der Waals surface area (Å²) in [5, 5.41) is 0. The third-order valence-corrected chi connectivity index (χ3v) is 8.44. The summed E-state index contributed by atoms with van der Waals surface area (Å²) in [4.78, 5) is 26.9. The summed E-state index contributed by atoms with van der Waals surface area (Å²) in [6.45, 7) is 5.90. The van der Waals surface area contributed by atoms with Gasteiger partial charge in [0.25, 0.3) is 5.91 Å². The van der Waals surface area contributed by atoms with E-state index in [2.05, 4.69) is 41.2 Å². The van der Waals surface area contributed by atoms with Crippen LogP contribution in [-0.4, -0.2) is 73.8 Å². The number of amides is 1. The lowest BCUT2D eigenvalue weighted by Crippen LogP contribution is -2.41. The normalized spacial score (nSPS) is 20.4. The number of nitrogens with zero attached hydrogens (tertiary/aromatic N) is 4. The number of rotatable bonds is 5. The molecule has 0 aromatic heterocycles. The molecule has 2 N–H and O–H groups in total. The molecule has 8 nitrogen and oxygen atoms in total. The largest absolute Gasteiger partial charge is 0.493 e. The van der Waals surface area contributed by atoms with E-state index in [9.17, 15) is 4.79 Å². The number of likely N-dealkylation sites (tertiary alicyclic amines) is 1. The van der Waals surface area contributed by atoms with Gasteiger partial charge in [-0.25, -0.2) is 0 Å². The van der Waals surface area contributed by atoms with Gasteiger partial charge in [0.1, 0.15) is 0 Å². The molecule has 2 unspecified atom stereocenters. The molecule has 1 amide bonds. The van der Waals surface area contributed by atoms with Crippen molar-refractivity contribution in [2.24, 2.45) is 15.7 Å². The monoisotopic (exact) mass is 551 g/mol. The summed E-state index contributed by atoms with van der Waals surface area (Å²) in [6.07, 6.45) is 1.87. The van der Waals surface area contributed by atoms with Crippen LogP contribution in [0.5, 0.6) is 11.5 Å². The molecule has 2 atom stereocenters. The number of ether oxygens (including phenoxy) is 2. The van der Waals surface area contributed by atoms with Crippen molar-refractivity contribution in [1.82, 2.24) is 9.80 Å². The van der Waals surface area contributed by atoms with E-state index >= 15 is 0 Å². The first-order chi connectivity index (χ1) is 19.9. The number of piperidine rings is 1. The number of hydrogen-bond donors (Lipinski definition) is 1. The molecule has 0 saturated carbocycles. The Balaban J connectivity index is 1.27. The molecule has 3 heterocycles. The third kappa shape index (κ3) is 5.32. The molecule has 41 heavy (non-hydrogen) atoms. The minimum atomic E-state index is -0.350. The minimum Gasteiger partial charge on any atom is -0.493 e. The lowest BCUT2D eigenvalue weighted by Gasteiger charge is -2.39. The first-order valence-electron chi connectivity index (χ1n) is 14.4. The number of nitrogens with two attached hydrogens (primary N) is 1. The summed E-state index contributed by atoms with van der Waals surface area (Å²) in [5.41, 5.74) is 13.5. The number of methoxy groups -OCH3 is 1. The fourth-order valence-corrected chi connectivity index (χ4v) is 6.24. The number of guanidine groups is 1. The first-order valence-corrected chi connectivity index (χ1v) is 14.4. The Bertz CT molecular complexity index is 1510. The van der Waals surface area contributed by atoms with Gasteiger partial charge >= 0.3 is 0 Å². The van der Waals surface area contributed by atoms with Crippen molar-refractivity contribution in [3.8, 4) is 11.5 Å². The summed E-state index contributed by atoms with van der Waals surface area (Å²) in [6, 6.07) is 20.2. The van der Waals surface area contributed by atoms with Gasteiger partial charge < -0.3 is 25.0 Å². The zero-order valence-corrected chi connectivity index (χ0v) is 24.0. The van der Waals surface area contributed by atoms with Crippen LogP contribution >= 0.6 is 0 Å². The Labute approximate surface area is 241 Å². The number of likely N-dealkylation sites (N-methyl/N-ethyl adjacent to an activating group) is 1. The Hall–Kier alpha value is -4.17. The highest BCUT2D eigenvalue weighted by Crippen LogP contribution is 2.42. The molecule has 8 heteroatoms. The van der Waals surface area contributed by atoms with Gasteiger partial charge in [-0.3, -0.25) is 9.79 Å². The van der Waals surface area contributed by atoms with Gasteiger partial charge in [-0.05, 0) is 74.3 Å². The van der Waals surface area contributed by atoms with E-state index in [1.54, 1.807) is 7.11 Å². The maximum absolute atomic E-state index is 13.1. The average Bonchev–Trinajstić information content (AvgIpc) is 3.00. The molecular formula is C33H37N5O3. The number of fused-ring (bicyclic) bond motifs is 4. The molecule has 3 aromatic carbocycles. The molecule has 0 spiro atoms. The number of aliphatic imine (C=N–C) groups is 2. The summed E-state index contributed by atoms with van der Waals surface area (Å²) >= 11 is 0. The van der Waals surface area contributed by atoms with Crippen molar-refractivity contribution in [2.45, 2.75) is 38.3 Å². The highest BCUT2D eigenvalue weighted by atomic mass is 16.5. The summed E-state index contributed by atoms with van der Waals surface area (Å²) in [5.74, 6) is 1.65. The highest BCUT2D eigenvalue weighted by Gasteiger charge is 2.36. The van der Waals surface area contributed by atoms with Crippen molar-refractivity contribution in [3.05, 3.63) is 94.0 Å². The fraction of sp³-hybridized carbons (Fsp3) is 0.364. The molecule has 3 aliphatic heterocycles. The van der Waals surface area contributed by atoms with Gasteiger partial charge in [-0.2, -0.15) is 4.99 Å². The molecule has 3 aromatic rings. The molecular weight excluding hydrogens is 514 g/mol. The van der Waals surface area contributed by atoms with Crippen LogP contribution in [0.15, 0.2) is 70.6 Å². The second kappa shape index (κ2) is 11.4. The number of benzene rings is 3. The predicted octanol–water partition coefficient (Wildman–Crippen LogP) is 4.25. The Morgan fingerprint density at radius 2 is 1.85 bits per heavy atom. The third-order valence-electron chi connectivity index (χ3n) is 8.44. The number of carbonyl (C=O) groups excluding carboxylic acids is 1. The molecule has 0 radical (unpaired) electrons. The topological polar surface area (TPSA) is 92.7 Å².